The van der Waals surface area contributed by atoms with Crippen molar-refractivity contribution in [3.05, 3.63) is 12.2 Å². The van der Waals surface area contributed by atoms with Crippen molar-refractivity contribution >= 4 is 11.9 Å². The topological polar surface area (TPSA) is 124 Å². The standard InChI is InChI=1S/C21H38O4.C3H8O3/c1-3-4-5-6-7-8-9-10-11-12-13-14-15-16-17-18-20(23)25-21(24)19(2)22;4-1-3(6)2-5/h10-11,19,22H,3-9,12-18H2,1-2H3;3-6H,1-2H2. The molecule has 0 radical (unpaired) electrons. The van der Waals surface area contributed by atoms with Gasteiger partial charge in [0.05, 0.1) is 13.2 Å². The van der Waals surface area contributed by atoms with Crippen molar-refractivity contribution in [2.24, 2.45) is 0 Å². The fraction of sp³-hybridized carbons (Fsp3) is 0.833. The quantitative estimate of drug-likeness (QED) is 0.109. The molecule has 0 fully saturated rings. The Balaban J connectivity index is 0. The first-order valence-corrected chi connectivity index (χ1v) is 11.9. The Bertz CT molecular complexity index is 432. The van der Waals surface area contributed by atoms with E-state index in [9.17, 15) is 9.59 Å². The molecule has 0 saturated heterocycles. The summed E-state index contributed by atoms with van der Waals surface area (Å²) < 4.78 is 4.49. The summed E-state index contributed by atoms with van der Waals surface area (Å²) in [5.41, 5.74) is 0. The van der Waals surface area contributed by atoms with E-state index in [0.29, 0.717) is 0 Å². The Hall–Kier alpha value is -1.28. The van der Waals surface area contributed by atoms with Gasteiger partial charge >= 0.3 is 11.9 Å². The summed E-state index contributed by atoms with van der Waals surface area (Å²) in [7, 11) is 0. The fourth-order valence-electron chi connectivity index (χ4n) is 2.65. The second-order valence-electron chi connectivity index (χ2n) is 7.82. The third-order valence-electron chi connectivity index (χ3n) is 4.62. The smallest absolute Gasteiger partial charge is 0.342 e. The summed E-state index contributed by atoms with van der Waals surface area (Å²) in [5, 5.41) is 33.0. The maximum Gasteiger partial charge on any atom is 0.342 e. The zero-order valence-corrected chi connectivity index (χ0v) is 19.6. The van der Waals surface area contributed by atoms with Gasteiger partial charge in [-0.2, -0.15) is 0 Å². The minimum absolute atomic E-state index is 0.247. The number of unbranched alkanes of at least 4 members (excludes halogenated alkanes) is 11. The first kappa shape index (κ1) is 31.9. The molecule has 4 N–H and O–H groups in total. The summed E-state index contributed by atoms with van der Waals surface area (Å²) in [5.74, 6) is -1.40. The van der Waals surface area contributed by atoms with Crippen molar-refractivity contribution in [3.63, 3.8) is 0 Å². The van der Waals surface area contributed by atoms with Crippen LogP contribution in [0.3, 0.4) is 0 Å². The number of carbonyl (C=O) groups is 2. The lowest BCUT2D eigenvalue weighted by Gasteiger charge is -2.04. The minimum atomic E-state index is -1.24. The second-order valence-corrected chi connectivity index (χ2v) is 7.82. The van der Waals surface area contributed by atoms with Crippen LogP contribution in [0.2, 0.25) is 0 Å². The Labute approximate surface area is 188 Å². The molecule has 1 atom stereocenters. The molecule has 0 saturated carbocycles. The number of allylic oxidation sites excluding steroid dienone is 2. The molecule has 1 unspecified atom stereocenters. The van der Waals surface area contributed by atoms with Crippen LogP contribution < -0.4 is 0 Å². The van der Waals surface area contributed by atoms with Gasteiger partial charge < -0.3 is 25.2 Å². The van der Waals surface area contributed by atoms with E-state index < -0.39 is 24.1 Å². The highest BCUT2D eigenvalue weighted by Crippen LogP contribution is 2.10. The van der Waals surface area contributed by atoms with Gasteiger partial charge in [0.15, 0.2) is 0 Å². The van der Waals surface area contributed by atoms with Crippen LogP contribution in [0, 0.1) is 0 Å². The molecular weight excluding hydrogens is 400 g/mol. The average molecular weight is 447 g/mol. The van der Waals surface area contributed by atoms with Gasteiger partial charge in [-0.15, -0.1) is 0 Å². The Morgan fingerprint density at radius 2 is 1.23 bits per heavy atom. The van der Waals surface area contributed by atoms with Gasteiger partial charge in [-0.25, -0.2) is 4.79 Å². The molecule has 0 spiro atoms. The van der Waals surface area contributed by atoms with E-state index in [1.54, 1.807) is 0 Å². The highest BCUT2D eigenvalue weighted by Gasteiger charge is 2.14. The van der Waals surface area contributed by atoms with E-state index in [2.05, 4.69) is 23.8 Å². The molecule has 0 amide bonds. The molecule has 0 bridgehead atoms. The minimum Gasteiger partial charge on any atom is -0.394 e. The highest BCUT2D eigenvalue weighted by molar-refractivity contribution is 5.87. The van der Waals surface area contributed by atoms with Gasteiger partial charge in [-0.3, -0.25) is 4.79 Å². The summed E-state index contributed by atoms with van der Waals surface area (Å²) in [4.78, 5) is 22.3. The Kier molecular flexibility index (Phi) is 25.7. The van der Waals surface area contributed by atoms with Crippen LogP contribution in [-0.4, -0.2) is 57.8 Å². The van der Waals surface area contributed by atoms with E-state index >= 15 is 0 Å². The predicted molar refractivity (Wildman–Crippen MR) is 122 cm³/mol. The summed E-state index contributed by atoms with van der Waals surface area (Å²) >= 11 is 0. The van der Waals surface area contributed by atoms with Gasteiger partial charge in [0.2, 0.25) is 0 Å². The normalized spacial score (nSPS) is 12.0. The zero-order chi connectivity index (χ0) is 23.7. The van der Waals surface area contributed by atoms with E-state index in [1.165, 1.54) is 64.7 Å². The van der Waals surface area contributed by atoms with Crippen LogP contribution in [0.4, 0.5) is 0 Å². The summed E-state index contributed by atoms with van der Waals surface area (Å²) in [6.07, 6.45) is 18.3. The first-order chi connectivity index (χ1) is 14.9. The lowest BCUT2D eigenvalue weighted by molar-refractivity contribution is -0.165. The number of hydrogen-bond acceptors (Lipinski definition) is 7. The molecule has 184 valence electrons. The van der Waals surface area contributed by atoms with Crippen molar-refractivity contribution in [1.82, 2.24) is 0 Å². The number of ether oxygens (including phenoxy) is 1. The Morgan fingerprint density at radius 3 is 1.65 bits per heavy atom. The third-order valence-corrected chi connectivity index (χ3v) is 4.62. The monoisotopic (exact) mass is 446 g/mol. The molecule has 7 heteroatoms. The molecule has 0 aromatic rings. The van der Waals surface area contributed by atoms with Crippen LogP contribution in [0.15, 0.2) is 12.2 Å². The highest BCUT2D eigenvalue weighted by atomic mass is 16.6. The maximum atomic E-state index is 11.3. The lowest BCUT2D eigenvalue weighted by atomic mass is 10.1. The average Bonchev–Trinajstić information content (AvgIpc) is 2.76. The van der Waals surface area contributed by atoms with Crippen LogP contribution >= 0.6 is 0 Å². The van der Waals surface area contributed by atoms with E-state index in [0.717, 1.165) is 25.7 Å². The number of carbonyl (C=O) groups excluding carboxylic acids is 2. The first-order valence-electron chi connectivity index (χ1n) is 11.9. The molecule has 7 nitrogen and oxygen atoms in total. The van der Waals surface area contributed by atoms with Crippen molar-refractivity contribution < 1.29 is 34.8 Å². The number of aliphatic hydroxyl groups is 4. The number of hydrogen-bond donors (Lipinski definition) is 4. The van der Waals surface area contributed by atoms with Crippen molar-refractivity contribution in [2.75, 3.05) is 13.2 Å². The van der Waals surface area contributed by atoms with Crippen LogP contribution in [-0.2, 0) is 14.3 Å². The molecule has 31 heavy (non-hydrogen) atoms. The summed E-state index contributed by atoms with van der Waals surface area (Å²) in [6.45, 7) is 2.81. The van der Waals surface area contributed by atoms with Crippen LogP contribution in [0.5, 0.6) is 0 Å². The number of aliphatic hydroxyl groups excluding tert-OH is 4. The second kappa shape index (κ2) is 25.0. The zero-order valence-electron chi connectivity index (χ0n) is 19.6. The molecule has 0 heterocycles. The van der Waals surface area contributed by atoms with Crippen LogP contribution in [0.25, 0.3) is 0 Å². The summed E-state index contributed by atoms with van der Waals surface area (Å²) in [6, 6.07) is 0. The fourth-order valence-corrected chi connectivity index (χ4v) is 2.65. The Morgan fingerprint density at radius 1 is 0.774 bits per heavy atom. The van der Waals surface area contributed by atoms with Crippen molar-refractivity contribution in [3.8, 4) is 0 Å². The number of esters is 2. The molecule has 0 aromatic carbocycles. The largest absolute Gasteiger partial charge is 0.394 e. The molecular formula is C24H46O7. The number of rotatable bonds is 18. The van der Waals surface area contributed by atoms with E-state index in [4.69, 9.17) is 20.4 Å². The lowest BCUT2D eigenvalue weighted by Crippen LogP contribution is -2.22. The van der Waals surface area contributed by atoms with Gasteiger partial charge in [0, 0.05) is 6.42 Å². The van der Waals surface area contributed by atoms with Gasteiger partial charge in [-0.05, 0) is 39.0 Å². The molecule has 0 aliphatic heterocycles. The van der Waals surface area contributed by atoms with Crippen molar-refractivity contribution in [2.45, 2.75) is 116 Å². The van der Waals surface area contributed by atoms with E-state index in [-0.39, 0.29) is 19.6 Å². The molecule has 0 aromatic heterocycles. The van der Waals surface area contributed by atoms with Crippen molar-refractivity contribution in [1.29, 1.82) is 0 Å². The predicted octanol–water partition coefficient (Wildman–Crippen LogP) is 3.81. The van der Waals surface area contributed by atoms with Gasteiger partial charge in [-0.1, -0.05) is 70.4 Å². The molecule has 0 aliphatic rings. The van der Waals surface area contributed by atoms with Gasteiger partial charge in [0.25, 0.3) is 0 Å². The molecule has 0 rings (SSSR count). The van der Waals surface area contributed by atoms with E-state index in [1.807, 2.05) is 0 Å². The maximum absolute atomic E-state index is 11.3. The SMILES string of the molecule is CCCCCCCCC=CCCCCCCCC(=O)OC(=O)C(C)O.OCC(O)CO. The molecule has 0 aliphatic carbocycles. The third kappa shape index (κ3) is 26.7. The van der Waals surface area contributed by atoms with Crippen LogP contribution in [0.1, 0.15) is 104 Å². The van der Waals surface area contributed by atoms with Gasteiger partial charge in [0.1, 0.15) is 12.2 Å².